The smallest absolute Gasteiger partial charge is 0.103 e. The van der Waals surface area contributed by atoms with Crippen LogP contribution in [0.5, 0.6) is 0 Å². The summed E-state index contributed by atoms with van der Waals surface area (Å²) in [6.45, 7) is 16.2. The van der Waals surface area contributed by atoms with Gasteiger partial charge in [0.25, 0.3) is 0 Å². The quantitative estimate of drug-likeness (QED) is 0.773. The van der Waals surface area contributed by atoms with Gasteiger partial charge < -0.3 is 9.88 Å². The van der Waals surface area contributed by atoms with Crippen LogP contribution in [0.15, 0.2) is 25.9 Å². The minimum atomic E-state index is 0.455. The summed E-state index contributed by atoms with van der Waals surface area (Å²) < 4.78 is 0. The van der Waals surface area contributed by atoms with Gasteiger partial charge in [-0.3, -0.25) is 0 Å². The van der Waals surface area contributed by atoms with Crippen LogP contribution in [-0.2, 0) is 0 Å². The molecule has 0 aromatic carbocycles. The van der Waals surface area contributed by atoms with Crippen LogP contribution < -0.4 is 0 Å². The highest BCUT2D eigenvalue weighted by molar-refractivity contribution is 5.57. The van der Waals surface area contributed by atoms with Gasteiger partial charge in [-0.25, -0.2) is 4.98 Å². The summed E-state index contributed by atoms with van der Waals surface area (Å²) >= 11 is 0. The average molecular weight is 207 g/mol. The van der Waals surface area contributed by atoms with Gasteiger partial charge in [-0.05, 0) is 20.8 Å². The van der Waals surface area contributed by atoms with Crippen molar-refractivity contribution >= 4 is 5.70 Å². The summed E-state index contributed by atoms with van der Waals surface area (Å²) in [6.07, 6.45) is 1.82. The molecule has 3 nitrogen and oxygen atoms in total. The van der Waals surface area contributed by atoms with Crippen LogP contribution in [0, 0.1) is 6.92 Å². The molecule has 0 spiro atoms. The van der Waals surface area contributed by atoms with Crippen molar-refractivity contribution in [2.24, 2.45) is 0 Å². The molecule has 0 saturated heterocycles. The molecular weight excluding hydrogens is 186 g/mol. The standard InChI is InChI=1S/C10H17N3.C2H4/c1-7(2)13(5)8(3)10-6-11-9(4)12-10;1-2/h6-7H,3H2,1-2,4-5H3,(H,11,12);1-2H2. The number of aromatic nitrogens is 2. The third kappa shape index (κ3) is 3.62. The van der Waals surface area contributed by atoms with Crippen LogP contribution in [0.25, 0.3) is 5.70 Å². The molecule has 0 aliphatic heterocycles. The Kier molecular flexibility index (Phi) is 5.45. The number of hydrogen-bond acceptors (Lipinski definition) is 2. The zero-order valence-electron chi connectivity index (χ0n) is 10.2. The molecule has 0 saturated carbocycles. The van der Waals surface area contributed by atoms with E-state index in [2.05, 4.69) is 48.5 Å². The van der Waals surface area contributed by atoms with E-state index in [9.17, 15) is 0 Å². The van der Waals surface area contributed by atoms with Gasteiger partial charge in [-0.15, -0.1) is 13.2 Å². The molecule has 0 fully saturated rings. The van der Waals surface area contributed by atoms with Crippen LogP contribution in [0.1, 0.15) is 25.4 Å². The Morgan fingerprint density at radius 2 is 2.00 bits per heavy atom. The monoisotopic (exact) mass is 207 g/mol. The Morgan fingerprint density at radius 1 is 1.47 bits per heavy atom. The molecule has 15 heavy (non-hydrogen) atoms. The molecule has 0 atom stereocenters. The van der Waals surface area contributed by atoms with Crippen LogP contribution >= 0.6 is 0 Å². The lowest BCUT2D eigenvalue weighted by atomic mass is 10.2. The topological polar surface area (TPSA) is 31.9 Å². The normalized spacial score (nSPS) is 9.40. The summed E-state index contributed by atoms with van der Waals surface area (Å²) in [5.74, 6) is 0.924. The van der Waals surface area contributed by atoms with Crippen LogP contribution in [0.3, 0.4) is 0 Å². The van der Waals surface area contributed by atoms with Crippen molar-refractivity contribution < 1.29 is 0 Å². The SMILES string of the molecule is C=C.C=C(c1cnc(C)[nH]1)N(C)C(C)C. The van der Waals surface area contributed by atoms with E-state index in [0.29, 0.717) is 6.04 Å². The van der Waals surface area contributed by atoms with Gasteiger partial charge in [0.15, 0.2) is 0 Å². The molecule has 1 N–H and O–H groups in total. The van der Waals surface area contributed by atoms with E-state index >= 15 is 0 Å². The number of aryl methyl sites for hydroxylation is 1. The second-order valence-electron chi connectivity index (χ2n) is 3.53. The predicted octanol–water partition coefficient (Wildman–Crippen LogP) is 2.83. The first-order chi connectivity index (χ1) is 7.02. The second-order valence-corrected chi connectivity index (χ2v) is 3.53. The van der Waals surface area contributed by atoms with Crippen molar-refractivity contribution in [2.75, 3.05) is 7.05 Å². The van der Waals surface area contributed by atoms with E-state index in [1.807, 2.05) is 20.2 Å². The number of H-pyrrole nitrogens is 1. The van der Waals surface area contributed by atoms with Gasteiger partial charge in [0.2, 0.25) is 0 Å². The third-order valence-electron chi connectivity index (χ3n) is 2.21. The van der Waals surface area contributed by atoms with Crippen LogP contribution in [0.4, 0.5) is 0 Å². The second kappa shape index (κ2) is 6.06. The van der Waals surface area contributed by atoms with Crippen molar-refractivity contribution in [1.82, 2.24) is 14.9 Å². The number of nitrogens with zero attached hydrogens (tertiary/aromatic N) is 2. The van der Waals surface area contributed by atoms with Crippen molar-refractivity contribution in [1.29, 1.82) is 0 Å². The molecule has 1 aromatic rings. The van der Waals surface area contributed by atoms with E-state index in [-0.39, 0.29) is 0 Å². The molecule has 1 rings (SSSR count). The van der Waals surface area contributed by atoms with Gasteiger partial charge in [0, 0.05) is 13.1 Å². The molecule has 1 heterocycles. The Labute approximate surface area is 92.5 Å². The van der Waals surface area contributed by atoms with E-state index < -0.39 is 0 Å². The van der Waals surface area contributed by atoms with Crippen LogP contribution in [0.2, 0.25) is 0 Å². The number of imidazole rings is 1. The van der Waals surface area contributed by atoms with E-state index in [4.69, 9.17) is 0 Å². The lowest BCUT2D eigenvalue weighted by Crippen LogP contribution is -2.24. The van der Waals surface area contributed by atoms with Crippen molar-refractivity contribution in [3.05, 3.63) is 37.5 Å². The highest BCUT2D eigenvalue weighted by atomic mass is 15.1. The first-order valence-electron chi connectivity index (χ1n) is 4.96. The summed E-state index contributed by atoms with van der Waals surface area (Å²) in [6, 6.07) is 0.455. The molecule has 3 heteroatoms. The fourth-order valence-electron chi connectivity index (χ4n) is 1.07. The van der Waals surface area contributed by atoms with Crippen molar-refractivity contribution in [2.45, 2.75) is 26.8 Å². The van der Waals surface area contributed by atoms with Crippen LogP contribution in [-0.4, -0.2) is 28.0 Å². The molecule has 0 aliphatic carbocycles. The fraction of sp³-hybridized carbons (Fsp3) is 0.417. The van der Waals surface area contributed by atoms with E-state index in [1.54, 1.807) is 0 Å². The first kappa shape index (κ1) is 13.5. The lowest BCUT2D eigenvalue weighted by Gasteiger charge is -2.24. The molecular formula is C12H21N3. The molecule has 0 amide bonds. The first-order valence-corrected chi connectivity index (χ1v) is 4.96. The number of hydrogen-bond donors (Lipinski definition) is 1. The molecule has 0 aliphatic rings. The van der Waals surface area contributed by atoms with Gasteiger partial charge in [0.1, 0.15) is 5.82 Å². The fourth-order valence-corrected chi connectivity index (χ4v) is 1.07. The molecule has 1 aromatic heterocycles. The Morgan fingerprint density at radius 3 is 2.33 bits per heavy atom. The third-order valence-corrected chi connectivity index (χ3v) is 2.21. The maximum absolute atomic E-state index is 4.14. The van der Waals surface area contributed by atoms with Gasteiger partial charge in [0.05, 0.1) is 17.6 Å². The Balaban J connectivity index is 0.000000921. The number of aromatic amines is 1. The van der Waals surface area contributed by atoms with Gasteiger partial charge >= 0.3 is 0 Å². The summed E-state index contributed by atoms with van der Waals surface area (Å²) in [5.41, 5.74) is 1.98. The highest BCUT2D eigenvalue weighted by Crippen LogP contribution is 2.15. The van der Waals surface area contributed by atoms with Gasteiger partial charge in [-0.2, -0.15) is 0 Å². The zero-order valence-corrected chi connectivity index (χ0v) is 10.2. The van der Waals surface area contributed by atoms with Crippen molar-refractivity contribution in [3.63, 3.8) is 0 Å². The zero-order chi connectivity index (χ0) is 12.0. The van der Waals surface area contributed by atoms with E-state index in [0.717, 1.165) is 17.2 Å². The van der Waals surface area contributed by atoms with E-state index in [1.165, 1.54) is 0 Å². The summed E-state index contributed by atoms with van der Waals surface area (Å²) in [4.78, 5) is 9.41. The largest absolute Gasteiger partial charge is 0.371 e. The molecule has 84 valence electrons. The minimum absolute atomic E-state index is 0.455. The average Bonchev–Trinajstić information content (AvgIpc) is 2.65. The Bertz CT molecular complexity index is 312. The van der Waals surface area contributed by atoms with Gasteiger partial charge in [-0.1, -0.05) is 6.58 Å². The number of rotatable bonds is 3. The maximum Gasteiger partial charge on any atom is 0.103 e. The summed E-state index contributed by atoms with van der Waals surface area (Å²) in [7, 11) is 2.03. The molecule has 0 unspecified atom stereocenters. The summed E-state index contributed by atoms with van der Waals surface area (Å²) in [5, 5.41) is 0. The predicted molar refractivity (Wildman–Crippen MR) is 66.5 cm³/mol. The Hall–Kier alpha value is -1.51. The maximum atomic E-state index is 4.14. The number of nitrogens with one attached hydrogen (secondary N) is 1. The molecule has 0 bridgehead atoms. The lowest BCUT2D eigenvalue weighted by molar-refractivity contribution is 0.396. The molecule has 0 radical (unpaired) electrons. The van der Waals surface area contributed by atoms with Crippen molar-refractivity contribution in [3.8, 4) is 0 Å². The highest BCUT2D eigenvalue weighted by Gasteiger charge is 2.09. The minimum Gasteiger partial charge on any atom is -0.371 e.